The van der Waals surface area contributed by atoms with Crippen LogP contribution in [0.5, 0.6) is 0 Å². The van der Waals surface area contributed by atoms with Gasteiger partial charge < -0.3 is 15.0 Å². The Kier molecular flexibility index (Phi) is 7.18. The van der Waals surface area contributed by atoms with E-state index in [4.69, 9.17) is 4.74 Å². The second-order valence-electron chi connectivity index (χ2n) is 9.76. The Bertz CT molecular complexity index is 875. The molecule has 7 nitrogen and oxygen atoms in total. The van der Waals surface area contributed by atoms with Crippen LogP contribution >= 0.6 is 0 Å². The molecule has 1 saturated heterocycles. The van der Waals surface area contributed by atoms with E-state index in [1.165, 1.54) is 9.58 Å². The van der Waals surface area contributed by atoms with E-state index >= 15 is 0 Å². The molecule has 0 radical (unpaired) electrons. The van der Waals surface area contributed by atoms with Gasteiger partial charge in [0.2, 0.25) is 5.91 Å². The summed E-state index contributed by atoms with van der Waals surface area (Å²) in [6.07, 6.45) is -2.26. The minimum atomic E-state index is -4.65. The first-order valence-electron chi connectivity index (χ1n) is 10.9. The maximum atomic E-state index is 13.1. The van der Waals surface area contributed by atoms with E-state index in [1.54, 1.807) is 0 Å². The predicted molar refractivity (Wildman–Crippen MR) is 117 cm³/mol. The van der Waals surface area contributed by atoms with Gasteiger partial charge in [0.05, 0.1) is 11.3 Å². The first kappa shape index (κ1) is 24.5. The van der Waals surface area contributed by atoms with Crippen LogP contribution in [-0.2, 0) is 16.3 Å². The molecule has 0 spiro atoms. The number of alkyl halides is 3. The predicted octanol–water partition coefficient (Wildman–Crippen LogP) is 3.51. The molecule has 1 aliphatic heterocycles. The van der Waals surface area contributed by atoms with Crippen LogP contribution in [0, 0.1) is 5.92 Å². The lowest BCUT2D eigenvalue weighted by atomic mass is 10.2. The van der Waals surface area contributed by atoms with E-state index in [9.17, 15) is 22.8 Å². The number of halogens is 3. The summed E-state index contributed by atoms with van der Waals surface area (Å²) >= 11 is 0. The van der Waals surface area contributed by atoms with Crippen molar-refractivity contribution in [1.29, 1.82) is 0 Å². The molecule has 1 saturated carbocycles. The summed E-state index contributed by atoms with van der Waals surface area (Å²) in [6.45, 7) is 10.7. The third-order valence-corrected chi connectivity index (χ3v) is 7.33. The zero-order chi connectivity index (χ0) is 23.7. The van der Waals surface area contributed by atoms with Crippen molar-refractivity contribution in [1.82, 2.24) is 20.0 Å². The number of nitrogens with zero attached hydrogens (tertiary/aromatic N) is 3. The van der Waals surface area contributed by atoms with Gasteiger partial charge in [-0.1, -0.05) is 26.2 Å². The van der Waals surface area contributed by atoms with Crippen molar-refractivity contribution in [3.63, 3.8) is 0 Å². The summed E-state index contributed by atoms with van der Waals surface area (Å²) < 4.78 is 46.2. The number of allylic oxidation sites excluding steroid dienone is 1. The molecular weight excluding hydrogens is 441 g/mol. The molecular formula is C21H31F3N4O3Si. The maximum Gasteiger partial charge on any atom is 0.417 e. The Hall–Kier alpha value is -2.14. The molecule has 2 fully saturated rings. The lowest BCUT2D eigenvalue weighted by Crippen LogP contribution is -2.39. The molecule has 2 aliphatic rings. The second kappa shape index (κ2) is 9.38. The fourth-order valence-electron chi connectivity index (χ4n) is 3.40. The van der Waals surface area contributed by atoms with Gasteiger partial charge in [-0.3, -0.25) is 9.59 Å². The topological polar surface area (TPSA) is 76.5 Å². The van der Waals surface area contributed by atoms with E-state index in [1.807, 2.05) is 0 Å². The smallest absolute Gasteiger partial charge is 0.360 e. The fourth-order valence-corrected chi connectivity index (χ4v) is 4.16. The highest BCUT2D eigenvalue weighted by Gasteiger charge is 2.37. The Labute approximate surface area is 187 Å². The van der Waals surface area contributed by atoms with Crippen LogP contribution in [0.2, 0.25) is 25.7 Å². The number of carbonyl (C=O) groups is 2. The van der Waals surface area contributed by atoms with Crippen molar-refractivity contribution < 1.29 is 27.5 Å². The number of rotatable bonds is 9. The van der Waals surface area contributed by atoms with Crippen LogP contribution in [0.25, 0.3) is 5.57 Å². The minimum absolute atomic E-state index is 0.00824. The number of likely N-dealkylation sites (tertiary alicyclic amines) is 1. The molecule has 1 aromatic rings. The highest BCUT2D eigenvalue weighted by Crippen LogP contribution is 2.32. The Morgan fingerprint density at radius 3 is 2.56 bits per heavy atom. The molecule has 0 aromatic carbocycles. The maximum absolute atomic E-state index is 13.1. The monoisotopic (exact) mass is 472 g/mol. The number of nitrogens with one attached hydrogen (secondary N) is 1. The van der Waals surface area contributed by atoms with Gasteiger partial charge in [-0.15, -0.1) is 0 Å². The molecule has 1 aromatic heterocycles. The third-order valence-electron chi connectivity index (χ3n) is 5.63. The molecule has 32 heavy (non-hydrogen) atoms. The van der Waals surface area contributed by atoms with E-state index in [0.717, 1.165) is 25.0 Å². The number of amides is 2. The van der Waals surface area contributed by atoms with E-state index in [-0.39, 0.29) is 30.3 Å². The van der Waals surface area contributed by atoms with Crippen molar-refractivity contribution >= 4 is 25.5 Å². The summed E-state index contributed by atoms with van der Waals surface area (Å²) in [6, 6.07) is 1.85. The summed E-state index contributed by atoms with van der Waals surface area (Å²) in [4.78, 5) is 26.6. The number of aromatic nitrogens is 2. The minimum Gasteiger partial charge on any atom is -0.360 e. The molecule has 11 heteroatoms. The molecule has 1 atom stereocenters. The van der Waals surface area contributed by atoms with Crippen molar-refractivity contribution in [2.24, 2.45) is 5.92 Å². The molecule has 1 N–H and O–H groups in total. The van der Waals surface area contributed by atoms with Gasteiger partial charge in [0.15, 0.2) is 0 Å². The van der Waals surface area contributed by atoms with Crippen LogP contribution in [0.1, 0.15) is 35.4 Å². The second-order valence-corrected chi connectivity index (χ2v) is 15.4. The van der Waals surface area contributed by atoms with Crippen LogP contribution in [0.4, 0.5) is 13.2 Å². The zero-order valence-electron chi connectivity index (χ0n) is 18.8. The first-order valence-corrected chi connectivity index (χ1v) is 14.6. The largest absolute Gasteiger partial charge is 0.417 e. The van der Waals surface area contributed by atoms with Gasteiger partial charge in [-0.2, -0.15) is 18.3 Å². The van der Waals surface area contributed by atoms with Crippen molar-refractivity contribution in [2.75, 3.05) is 19.7 Å². The standard InChI is InChI=1S/C21H31F3N4O3Si/c1-14(21(22,23)24)17-11-18(28(26-17)13-31-9-10-32(2,3)4)20(30)27-8-7-16(12-27)25-19(29)15-5-6-15/h11,15-16H,1,5-10,12-13H2,2-4H3,(H,25,29). The Morgan fingerprint density at radius 1 is 1.28 bits per heavy atom. The highest BCUT2D eigenvalue weighted by atomic mass is 28.3. The average Bonchev–Trinajstić information content (AvgIpc) is 3.30. The zero-order valence-corrected chi connectivity index (χ0v) is 19.8. The Balaban J connectivity index is 1.70. The summed E-state index contributed by atoms with van der Waals surface area (Å²) in [5, 5.41) is 6.92. The van der Waals surface area contributed by atoms with Gasteiger partial charge >= 0.3 is 6.18 Å². The van der Waals surface area contributed by atoms with Crippen molar-refractivity contribution in [3.05, 3.63) is 24.0 Å². The SMILES string of the molecule is C=C(c1cc(C(=O)N2CCC(NC(=O)C3CC3)C2)n(COCC[Si](C)(C)C)n1)C(F)(F)F. The summed E-state index contributed by atoms with van der Waals surface area (Å²) in [7, 11) is -1.34. The number of hydrogen-bond donors (Lipinski definition) is 1. The molecule has 2 amide bonds. The normalized spacial score (nSPS) is 19.3. The summed E-state index contributed by atoms with van der Waals surface area (Å²) in [5.74, 6) is -0.352. The van der Waals surface area contributed by atoms with Crippen molar-refractivity contribution in [2.45, 2.75) is 63.9 Å². The van der Waals surface area contributed by atoms with Crippen molar-refractivity contribution in [3.8, 4) is 0 Å². The first-order chi connectivity index (χ1) is 14.8. The van der Waals surface area contributed by atoms with Gasteiger partial charge in [0, 0.05) is 39.7 Å². The third kappa shape index (κ3) is 6.44. The van der Waals surface area contributed by atoms with Crippen LogP contribution < -0.4 is 5.32 Å². The summed E-state index contributed by atoms with van der Waals surface area (Å²) in [5.41, 5.74) is -1.48. The number of carbonyl (C=O) groups excluding carboxylic acids is 2. The van der Waals surface area contributed by atoms with Gasteiger partial charge in [0.25, 0.3) is 5.91 Å². The highest BCUT2D eigenvalue weighted by molar-refractivity contribution is 6.76. The quantitative estimate of drug-likeness (QED) is 0.441. The van der Waals surface area contributed by atoms with Crippen LogP contribution in [-0.4, -0.2) is 66.5 Å². The molecule has 2 heterocycles. The molecule has 178 valence electrons. The Morgan fingerprint density at radius 2 is 1.97 bits per heavy atom. The van der Waals surface area contributed by atoms with Gasteiger partial charge in [0.1, 0.15) is 12.4 Å². The lowest BCUT2D eigenvalue weighted by molar-refractivity contribution is -0.122. The fraction of sp³-hybridized carbons (Fsp3) is 0.667. The number of hydrogen-bond acceptors (Lipinski definition) is 4. The van der Waals surface area contributed by atoms with E-state index in [2.05, 4.69) is 36.6 Å². The number of ether oxygens (including phenoxy) is 1. The van der Waals surface area contributed by atoms with Crippen LogP contribution in [0.15, 0.2) is 12.6 Å². The molecule has 1 unspecified atom stereocenters. The molecule has 1 aliphatic carbocycles. The van der Waals surface area contributed by atoms with Crippen LogP contribution in [0.3, 0.4) is 0 Å². The molecule has 0 bridgehead atoms. The van der Waals surface area contributed by atoms with Gasteiger partial charge in [-0.25, -0.2) is 4.68 Å². The van der Waals surface area contributed by atoms with Gasteiger partial charge in [-0.05, 0) is 31.4 Å². The lowest BCUT2D eigenvalue weighted by Gasteiger charge is -2.18. The average molecular weight is 473 g/mol. The van der Waals surface area contributed by atoms with E-state index in [0.29, 0.717) is 26.1 Å². The molecule has 3 rings (SSSR count). The van der Waals surface area contributed by atoms with E-state index < -0.39 is 31.4 Å².